The number of aromatic nitrogens is 2. The molecule has 0 atom stereocenters. The van der Waals surface area contributed by atoms with Crippen molar-refractivity contribution in [1.29, 1.82) is 0 Å². The highest BCUT2D eigenvalue weighted by atomic mass is 16.1. The van der Waals surface area contributed by atoms with Crippen molar-refractivity contribution >= 4 is 11.7 Å². The molecule has 1 aliphatic rings. The second-order valence-electron chi connectivity index (χ2n) is 3.53. The largest absolute Gasteiger partial charge is 0.351 e. The van der Waals surface area contributed by atoms with Crippen LogP contribution in [-0.4, -0.2) is 21.8 Å². The summed E-state index contributed by atoms with van der Waals surface area (Å²) in [6.45, 7) is 0. The van der Waals surface area contributed by atoms with Crippen LogP contribution in [0.4, 0.5) is 5.95 Å². The third-order valence-corrected chi connectivity index (χ3v) is 2.44. The lowest BCUT2D eigenvalue weighted by Gasteiger charge is -2.21. The topological polar surface area (TPSA) is 54.9 Å². The average Bonchev–Trinajstić information content (AvgIpc) is 2.23. The van der Waals surface area contributed by atoms with Crippen LogP contribution < -0.4 is 5.32 Å². The molecule has 1 N–H and O–H groups in total. The molecular weight excluding hydrogens is 178 g/mol. The van der Waals surface area contributed by atoms with E-state index < -0.39 is 0 Å². The molecule has 0 spiro atoms. The Kier molecular flexibility index (Phi) is 2.72. The van der Waals surface area contributed by atoms with Gasteiger partial charge in [0.05, 0.1) is 0 Å². The molecule has 0 bridgehead atoms. The van der Waals surface area contributed by atoms with E-state index >= 15 is 0 Å². The number of rotatable bonds is 2. The smallest absolute Gasteiger partial charge is 0.222 e. The fraction of sp³-hybridized carbons (Fsp3) is 0.500. The number of ketones is 1. The van der Waals surface area contributed by atoms with E-state index in [2.05, 4.69) is 15.3 Å². The Morgan fingerprint density at radius 1 is 1.21 bits per heavy atom. The van der Waals surface area contributed by atoms with Gasteiger partial charge in [0.2, 0.25) is 5.95 Å². The minimum Gasteiger partial charge on any atom is -0.351 e. The number of Topliss-reactive ketones (excluding diaryl/α,β-unsaturated/α-hetero) is 1. The molecular formula is C10H13N3O. The van der Waals surface area contributed by atoms with Gasteiger partial charge in [0, 0.05) is 31.3 Å². The van der Waals surface area contributed by atoms with Crippen molar-refractivity contribution in [2.75, 3.05) is 5.32 Å². The van der Waals surface area contributed by atoms with Gasteiger partial charge in [-0.1, -0.05) is 0 Å². The molecule has 1 aliphatic carbocycles. The molecule has 0 unspecified atom stereocenters. The lowest BCUT2D eigenvalue weighted by Crippen LogP contribution is -2.26. The van der Waals surface area contributed by atoms with E-state index in [0.717, 1.165) is 12.8 Å². The summed E-state index contributed by atoms with van der Waals surface area (Å²) in [6.07, 6.45) is 6.59. The van der Waals surface area contributed by atoms with E-state index in [1.54, 1.807) is 18.5 Å². The third-order valence-electron chi connectivity index (χ3n) is 2.44. The van der Waals surface area contributed by atoms with Gasteiger partial charge in [0.15, 0.2) is 0 Å². The Bertz CT molecular complexity index is 302. The number of anilines is 1. The van der Waals surface area contributed by atoms with Crippen molar-refractivity contribution in [3.8, 4) is 0 Å². The van der Waals surface area contributed by atoms with Crippen LogP contribution >= 0.6 is 0 Å². The van der Waals surface area contributed by atoms with Gasteiger partial charge in [-0.15, -0.1) is 0 Å². The van der Waals surface area contributed by atoms with Crippen molar-refractivity contribution in [2.45, 2.75) is 31.7 Å². The van der Waals surface area contributed by atoms with Gasteiger partial charge in [0.25, 0.3) is 0 Å². The van der Waals surface area contributed by atoms with E-state index in [9.17, 15) is 4.79 Å². The summed E-state index contributed by atoms with van der Waals surface area (Å²) in [5, 5.41) is 3.23. The molecule has 1 saturated carbocycles. The summed E-state index contributed by atoms with van der Waals surface area (Å²) in [7, 11) is 0. The molecule has 0 radical (unpaired) electrons. The van der Waals surface area contributed by atoms with E-state index in [-0.39, 0.29) is 0 Å². The van der Waals surface area contributed by atoms with Gasteiger partial charge in [0.1, 0.15) is 5.78 Å². The van der Waals surface area contributed by atoms with Crippen molar-refractivity contribution < 1.29 is 4.79 Å². The molecule has 1 aromatic rings. The van der Waals surface area contributed by atoms with Gasteiger partial charge in [-0.2, -0.15) is 0 Å². The summed E-state index contributed by atoms with van der Waals surface area (Å²) < 4.78 is 0. The van der Waals surface area contributed by atoms with Crippen molar-refractivity contribution in [3.05, 3.63) is 18.5 Å². The normalized spacial score (nSPS) is 18.1. The highest BCUT2D eigenvalue weighted by molar-refractivity contribution is 5.79. The SMILES string of the molecule is O=C1CCC(Nc2ncccn2)CC1. The van der Waals surface area contributed by atoms with Crippen LogP contribution in [-0.2, 0) is 4.79 Å². The van der Waals surface area contributed by atoms with E-state index in [4.69, 9.17) is 0 Å². The standard InChI is InChI=1S/C10H13N3O/c14-9-4-2-8(3-5-9)13-10-11-6-1-7-12-10/h1,6-8H,2-5H2,(H,11,12,13). The maximum Gasteiger partial charge on any atom is 0.222 e. The molecule has 1 aromatic heterocycles. The zero-order chi connectivity index (χ0) is 9.80. The predicted molar refractivity (Wildman–Crippen MR) is 52.9 cm³/mol. The second kappa shape index (κ2) is 4.17. The molecule has 74 valence electrons. The van der Waals surface area contributed by atoms with E-state index in [1.807, 2.05) is 0 Å². The van der Waals surface area contributed by atoms with Gasteiger partial charge in [-0.05, 0) is 18.9 Å². The molecule has 0 aliphatic heterocycles. The fourth-order valence-corrected chi connectivity index (χ4v) is 1.64. The van der Waals surface area contributed by atoms with Gasteiger partial charge >= 0.3 is 0 Å². The third kappa shape index (κ3) is 2.28. The van der Waals surface area contributed by atoms with Gasteiger partial charge in [-0.3, -0.25) is 4.79 Å². The first kappa shape index (κ1) is 9.12. The second-order valence-corrected chi connectivity index (χ2v) is 3.53. The average molecular weight is 191 g/mol. The molecule has 14 heavy (non-hydrogen) atoms. The van der Waals surface area contributed by atoms with Crippen LogP contribution in [0.1, 0.15) is 25.7 Å². The molecule has 0 aromatic carbocycles. The lowest BCUT2D eigenvalue weighted by molar-refractivity contribution is -0.120. The first-order valence-electron chi connectivity index (χ1n) is 4.90. The van der Waals surface area contributed by atoms with Crippen LogP contribution in [0.5, 0.6) is 0 Å². The van der Waals surface area contributed by atoms with E-state index in [1.165, 1.54) is 0 Å². The maximum atomic E-state index is 11.0. The summed E-state index contributed by atoms with van der Waals surface area (Å²) in [5.41, 5.74) is 0. The van der Waals surface area contributed by atoms with Crippen molar-refractivity contribution in [3.63, 3.8) is 0 Å². The number of carbonyl (C=O) groups excluding carboxylic acids is 1. The maximum absolute atomic E-state index is 11.0. The fourth-order valence-electron chi connectivity index (χ4n) is 1.64. The van der Waals surface area contributed by atoms with Crippen LogP contribution in [0.25, 0.3) is 0 Å². The molecule has 0 amide bonds. The lowest BCUT2D eigenvalue weighted by atomic mass is 9.94. The van der Waals surface area contributed by atoms with Crippen LogP contribution in [0, 0.1) is 0 Å². The Hall–Kier alpha value is -1.45. The number of hydrogen-bond donors (Lipinski definition) is 1. The Labute approximate surface area is 82.8 Å². The van der Waals surface area contributed by atoms with Crippen molar-refractivity contribution in [2.24, 2.45) is 0 Å². The van der Waals surface area contributed by atoms with Gasteiger partial charge in [-0.25, -0.2) is 9.97 Å². The number of nitrogens with zero attached hydrogens (tertiary/aromatic N) is 2. The summed E-state index contributed by atoms with van der Waals surface area (Å²) >= 11 is 0. The number of hydrogen-bond acceptors (Lipinski definition) is 4. The summed E-state index contributed by atoms with van der Waals surface area (Å²) in [4.78, 5) is 19.2. The number of carbonyl (C=O) groups is 1. The van der Waals surface area contributed by atoms with Crippen LogP contribution in [0.3, 0.4) is 0 Å². The highest BCUT2D eigenvalue weighted by Crippen LogP contribution is 2.17. The monoisotopic (exact) mass is 191 g/mol. The summed E-state index contributed by atoms with van der Waals surface area (Å²) in [5.74, 6) is 1.03. The van der Waals surface area contributed by atoms with E-state index in [0.29, 0.717) is 30.6 Å². The Morgan fingerprint density at radius 3 is 2.50 bits per heavy atom. The quantitative estimate of drug-likeness (QED) is 0.767. The highest BCUT2D eigenvalue weighted by Gasteiger charge is 2.18. The van der Waals surface area contributed by atoms with Crippen LogP contribution in [0.2, 0.25) is 0 Å². The Morgan fingerprint density at radius 2 is 1.86 bits per heavy atom. The predicted octanol–water partition coefficient (Wildman–Crippen LogP) is 1.40. The summed E-state index contributed by atoms with van der Waals surface area (Å²) in [6, 6.07) is 2.14. The minimum atomic E-state index is 0.357. The zero-order valence-corrected chi connectivity index (χ0v) is 7.94. The molecule has 4 heteroatoms. The zero-order valence-electron chi connectivity index (χ0n) is 7.94. The molecule has 0 saturated heterocycles. The van der Waals surface area contributed by atoms with Crippen molar-refractivity contribution in [1.82, 2.24) is 9.97 Å². The number of nitrogens with one attached hydrogen (secondary N) is 1. The Balaban J connectivity index is 1.89. The first-order chi connectivity index (χ1) is 6.84. The minimum absolute atomic E-state index is 0.357. The molecule has 2 rings (SSSR count). The molecule has 1 heterocycles. The first-order valence-corrected chi connectivity index (χ1v) is 4.90. The molecule has 1 fully saturated rings. The van der Waals surface area contributed by atoms with Gasteiger partial charge < -0.3 is 5.32 Å². The van der Waals surface area contributed by atoms with Crippen LogP contribution in [0.15, 0.2) is 18.5 Å². The molecule has 4 nitrogen and oxygen atoms in total.